The highest BCUT2D eigenvalue weighted by Gasteiger charge is 2.19. The van der Waals surface area contributed by atoms with Gasteiger partial charge in [-0.25, -0.2) is 9.59 Å². The number of methoxy groups -OCH3 is 2. The highest BCUT2D eigenvalue weighted by Crippen LogP contribution is 2.42. The van der Waals surface area contributed by atoms with Crippen molar-refractivity contribution in [2.24, 2.45) is 0 Å². The lowest BCUT2D eigenvalue weighted by Gasteiger charge is -2.13. The van der Waals surface area contributed by atoms with Crippen molar-refractivity contribution >= 4 is 45.6 Å². The molecule has 2 heterocycles. The molecule has 34 heavy (non-hydrogen) atoms. The number of ether oxygens (including phenoxy) is 2. The van der Waals surface area contributed by atoms with Crippen LogP contribution in [0.5, 0.6) is 11.5 Å². The monoisotopic (exact) mass is 488 g/mol. The van der Waals surface area contributed by atoms with Crippen LogP contribution in [0.15, 0.2) is 64.6 Å². The Bertz CT molecular complexity index is 1450. The number of hydrogen-bond acceptors (Lipinski definition) is 9. The van der Waals surface area contributed by atoms with E-state index in [0.29, 0.717) is 9.79 Å². The maximum absolute atomic E-state index is 12.4. The van der Waals surface area contributed by atoms with Crippen LogP contribution < -0.4 is 20.3 Å². The van der Waals surface area contributed by atoms with E-state index in [1.807, 2.05) is 0 Å². The Morgan fingerprint density at radius 1 is 0.735 bits per heavy atom. The van der Waals surface area contributed by atoms with Gasteiger partial charge in [0.15, 0.2) is 10.9 Å². The largest absolute Gasteiger partial charge is 0.495 e. The molecule has 0 unspecified atom stereocenters. The molecule has 0 aliphatic rings. The van der Waals surface area contributed by atoms with E-state index in [4.69, 9.17) is 28.5 Å². The molecule has 0 aliphatic carbocycles. The van der Waals surface area contributed by atoms with Crippen molar-refractivity contribution in [2.45, 2.75) is 9.79 Å². The highest BCUT2D eigenvalue weighted by atomic mass is 32.2. The lowest BCUT2D eigenvalue weighted by Crippen LogP contribution is -2.07. The third-order valence-electron chi connectivity index (χ3n) is 4.67. The van der Waals surface area contributed by atoms with Crippen LogP contribution in [-0.2, 0) is 0 Å². The number of carboxylic acid groups (broad SMARTS) is 2. The fraction of sp³-hybridized carbons (Fsp3) is 0.0909. The molecule has 0 spiro atoms. The Balaban J connectivity index is 0.00000324. The van der Waals surface area contributed by atoms with Crippen LogP contribution in [0.4, 0.5) is 0 Å². The number of benzene rings is 2. The number of fused-ring (bicyclic) bond motifs is 2. The topological polar surface area (TPSA) is 185 Å². The minimum atomic E-state index is -1.38. The van der Waals surface area contributed by atoms with Crippen molar-refractivity contribution in [3.8, 4) is 11.5 Å². The van der Waals surface area contributed by atoms with Gasteiger partial charge < -0.3 is 34.0 Å². The molecule has 11 nitrogen and oxygen atoms in total. The summed E-state index contributed by atoms with van der Waals surface area (Å²) >= 11 is 1.11. The zero-order valence-electron chi connectivity index (χ0n) is 17.5. The van der Waals surface area contributed by atoms with Crippen LogP contribution in [0.3, 0.4) is 0 Å². The average Bonchev–Trinajstić information content (AvgIpc) is 2.78. The second kappa shape index (κ2) is 9.29. The maximum atomic E-state index is 12.4. The molecule has 0 saturated heterocycles. The van der Waals surface area contributed by atoms with Gasteiger partial charge in [0.1, 0.15) is 22.7 Å². The number of carboxylic acids is 2. The minimum Gasteiger partial charge on any atom is -0.495 e. The van der Waals surface area contributed by atoms with Crippen LogP contribution in [0, 0.1) is 0 Å². The highest BCUT2D eigenvalue weighted by molar-refractivity contribution is 7.99. The Morgan fingerprint density at radius 3 is 1.44 bits per heavy atom. The van der Waals surface area contributed by atoms with Crippen molar-refractivity contribution < 1.29 is 43.6 Å². The molecule has 4 rings (SSSR count). The Morgan fingerprint density at radius 2 is 1.12 bits per heavy atom. The smallest absolute Gasteiger partial charge is 0.371 e. The summed E-state index contributed by atoms with van der Waals surface area (Å²) in [4.78, 5) is 48.2. The molecule has 2 aromatic carbocycles. The van der Waals surface area contributed by atoms with E-state index in [1.165, 1.54) is 38.5 Å². The Hall–Kier alpha value is -4.29. The summed E-state index contributed by atoms with van der Waals surface area (Å²) in [7, 11) is 2.79. The van der Waals surface area contributed by atoms with E-state index in [9.17, 15) is 19.2 Å². The summed E-state index contributed by atoms with van der Waals surface area (Å²) in [6, 6.07) is 7.52. The molecule has 0 aliphatic heterocycles. The predicted octanol–water partition coefficient (Wildman–Crippen LogP) is 2.64. The van der Waals surface area contributed by atoms with Crippen molar-refractivity contribution in [2.75, 3.05) is 14.2 Å². The first kappa shape index (κ1) is 24.4. The quantitative estimate of drug-likeness (QED) is 0.406. The minimum absolute atomic E-state index is 0. The van der Waals surface area contributed by atoms with Crippen molar-refractivity contribution in [3.05, 3.63) is 68.4 Å². The fourth-order valence-electron chi connectivity index (χ4n) is 3.13. The molecule has 0 amide bonds. The van der Waals surface area contributed by atoms with Crippen LogP contribution in [0.2, 0.25) is 0 Å². The Labute approximate surface area is 193 Å². The lowest BCUT2D eigenvalue weighted by molar-refractivity contribution is 0.0653. The van der Waals surface area contributed by atoms with Gasteiger partial charge in [0.05, 0.1) is 34.8 Å². The maximum Gasteiger partial charge on any atom is 0.371 e. The van der Waals surface area contributed by atoms with Crippen LogP contribution in [0.1, 0.15) is 21.1 Å². The third kappa shape index (κ3) is 4.31. The van der Waals surface area contributed by atoms with Gasteiger partial charge in [0, 0.05) is 24.3 Å². The summed E-state index contributed by atoms with van der Waals surface area (Å²) in [5.41, 5.74) is -1.03. The summed E-state index contributed by atoms with van der Waals surface area (Å²) in [5, 5.41) is 18.5. The van der Waals surface area contributed by atoms with E-state index in [1.54, 1.807) is 0 Å². The van der Waals surface area contributed by atoms with E-state index >= 15 is 0 Å². The lowest BCUT2D eigenvalue weighted by atomic mass is 10.2. The number of rotatable bonds is 6. The van der Waals surface area contributed by atoms with Crippen LogP contribution >= 0.6 is 11.8 Å². The van der Waals surface area contributed by atoms with Gasteiger partial charge in [-0.05, 0) is 12.1 Å². The molecule has 0 fully saturated rings. The molecule has 4 N–H and O–H groups in total. The number of hydrogen-bond donors (Lipinski definition) is 2. The van der Waals surface area contributed by atoms with Gasteiger partial charge in [-0.15, -0.1) is 0 Å². The van der Waals surface area contributed by atoms with Gasteiger partial charge in [0.25, 0.3) is 0 Å². The summed E-state index contributed by atoms with van der Waals surface area (Å²) in [5.74, 6) is -3.19. The van der Waals surface area contributed by atoms with Crippen molar-refractivity contribution in [3.63, 3.8) is 0 Å². The predicted molar refractivity (Wildman–Crippen MR) is 120 cm³/mol. The van der Waals surface area contributed by atoms with E-state index < -0.39 is 34.3 Å². The van der Waals surface area contributed by atoms with E-state index in [-0.39, 0.29) is 38.9 Å². The standard InChI is InChI=1S/C22H14O10S.H2O/c1-29-15-7-13-9(11(23)5-17(31-13)21(25)26)3-19(15)33-20-4-10-12(24)6-18(22(27)28)32-14(10)8-16(20)30-2;/h3-8H,1-2H3,(H,25,26)(H,27,28);1H2. The summed E-state index contributed by atoms with van der Waals surface area (Å²) < 4.78 is 21.3. The normalized spacial score (nSPS) is 10.6. The van der Waals surface area contributed by atoms with Gasteiger partial charge in [-0.3, -0.25) is 9.59 Å². The fourth-order valence-corrected chi connectivity index (χ4v) is 4.21. The molecule has 2 aromatic heterocycles. The molecular weight excluding hydrogens is 472 g/mol. The van der Waals surface area contributed by atoms with Crippen molar-refractivity contribution in [1.29, 1.82) is 0 Å². The average molecular weight is 488 g/mol. The van der Waals surface area contributed by atoms with Crippen molar-refractivity contribution in [1.82, 2.24) is 0 Å². The SMILES string of the molecule is COc1cc2oc(C(=O)O)cc(=O)c2cc1Sc1cc2c(=O)cc(C(=O)O)oc2cc1OC.O. The first-order chi connectivity index (χ1) is 15.7. The van der Waals surface area contributed by atoms with Gasteiger partial charge in [-0.1, -0.05) is 11.8 Å². The Kier molecular flexibility index (Phi) is 6.66. The molecule has 4 aromatic rings. The molecular formula is C22H16O11S. The van der Waals surface area contributed by atoms with Crippen LogP contribution in [-0.4, -0.2) is 41.8 Å². The molecule has 0 radical (unpaired) electrons. The molecule has 176 valence electrons. The molecule has 0 bridgehead atoms. The zero-order valence-corrected chi connectivity index (χ0v) is 18.3. The van der Waals surface area contributed by atoms with Crippen LogP contribution in [0.25, 0.3) is 21.9 Å². The van der Waals surface area contributed by atoms with Gasteiger partial charge >= 0.3 is 11.9 Å². The molecule has 12 heteroatoms. The van der Waals surface area contributed by atoms with E-state index in [2.05, 4.69) is 0 Å². The third-order valence-corrected chi connectivity index (χ3v) is 5.75. The van der Waals surface area contributed by atoms with Gasteiger partial charge in [0.2, 0.25) is 11.5 Å². The molecule has 0 atom stereocenters. The number of carbonyl (C=O) groups is 2. The first-order valence-electron chi connectivity index (χ1n) is 9.18. The second-order valence-corrected chi connectivity index (χ2v) is 7.74. The number of aromatic carboxylic acids is 2. The summed E-state index contributed by atoms with van der Waals surface area (Å²) in [6.07, 6.45) is 0. The zero-order chi connectivity index (χ0) is 23.9. The van der Waals surface area contributed by atoms with E-state index in [0.717, 1.165) is 23.9 Å². The molecule has 0 saturated carbocycles. The van der Waals surface area contributed by atoms with Gasteiger partial charge in [-0.2, -0.15) is 0 Å². The second-order valence-electron chi connectivity index (χ2n) is 6.66. The first-order valence-corrected chi connectivity index (χ1v) is 9.99. The summed E-state index contributed by atoms with van der Waals surface area (Å²) in [6.45, 7) is 0.